The molecule has 1 heterocycles. The molecule has 1 aliphatic rings. The molecule has 2 rings (SSSR count). The number of benzene rings is 1. The number of carbonyl (C=O) groups excluding carboxylic acids is 1. The van der Waals surface area contributed by atoms with Gasteiger partial charge >= 0.3 is 0 Å². The summed E-state index contributed by atoms with van der Waals surface area (Å²) >= 11 is 0. The quantitative estimate of drug-likeness (QED) is 0.580. The summed E-state index contributed by atoms with van der Waals surface area (Å²) in [6, 6.07) is 5.84. The number of fused-ring (bicyclic) bond motifs is 1. The standard InChI is InChI=1S/C15H18N2O3/c1-2-6-16-11-15(18)17-7-5-12-3-4-13-14(10-12)20-9-8-19-13/h1,3-4,10,16H,5-9,11H2,(H,17,18). The van der Waals surface area contributed by atoms with E-state index in [1.54, 1.807) is 0 Å². The van der Waals surface area contributed by atoms with E-state index in [2.05, 4.69) is 16.6 Å². The summed E-state index contributed by atoms with van der Waals surface area (Å²) in [6.07, 6.45) is 5.83. The van der Waals surface area contributed by atoms with Crippen LogP contribution in [0, 0.1) is 12.3 Å². The third-order valence-electron chi connectivity index (χ3n) is 2.86. The number of nitrogens with one attached hydrogen (secondary N) is 2. The van der Waals surface area contributed by atoms with E-state index < -0.39 is 0 Å². The zero-order chi connectivity index (χ0) is 14.2. The van der Waals surface area contributed by atoms with Gasteiger partial charge in [-0.2, -0.15) is 0 Å². The highest BCUT2D eigenvalue weighted by molar-refractivity contribution is 5.78. The molecular formula is C15H18N2O3. The Labute approximate surface area is 118 Å². The van der Waals surface area contributed by atoms with Crippen molar-refractivity contribution in [3.8, 4) is 23.8 Å². The van der Waals surface area contributed by atoms with Crippen LogP contribution in [0.1, 0.15) is 5.56 Å². The van der Waals surface area contributed by atoms with Gasteiger partial charge in [-0.3, -0.25) is 10.1 Å². The molecule has 0 unspecified atom stereocenters. The second-order valence-electron chi connectivity index (χ2n) is 4.39. The van der Waals surface area contributed by atoms with Crippen molar-refractivity contribution >= 4 is 5.91 Å². The van der Waals surface area contributed by atoms with Crippen molar-refractivity contribution in [1.82, 2.24) is 10.6 Å². The minimum atomic E-state index is -0.0576. The van der Waals surface area contributed by atoms with Gasteiger partial charge in [0.05, 0.1) is 13.1 Å². The lowest BCUT2D eigenvalue weighted by Crippen LogP contribution is -2.35. The van der Waals surface area contributed by atoms with Gasteiger partial charge < -0.3 is 14.8 Å². The van der Waals surface area contributed by atoms with Crippen molar-refractivity contribution in [3.05, 3.63) is 23.8 Å². The van der Waals surface area contributed by atoms with Crippen LogP contribution in [-0.4, -0.2) is 38.8 Å². The lowest BCUT2D eigenvalue weighted by atomic mass is 10.1. The van der Waals surface area contributed by atoms with Crippen LogP contribution in [-0.2, 0) is 11.2 Å². The monoisotopic (exact) mass is 274 g/mol. The normalized spacial score (nSPS) is 12.6. The van der Waals surface area contributed by atoms with E-state index >= 15 is 0 Å². The lowest BCUT2D eigenvalue weighted by Gasteiger charge is -2.18. The highest BCUT2D eigenvalue weighted by Crippen LogP contribution is 2.30. The lowest BCUT2D eigenvalue weighted by molar-refractivity contribution is -0.120. The van der Waals surface area contributed by atoms with E-state index in [1.807, 2.05) is 18.2 Å². The summed E-state index contributed by atoms with van der Waals surface area (Å²) in [6.45, 7) is 2.39. The Balaban J connectivity index is 1.74. The SMILES string of the molecule is C#CCNCC(=O)NCCc1ccc2c(c1)OCCO2. The molecule has 0 atom stereocenters. The van der Waals surface area contributed by atoms with Crippen molar-refractivity contribution in [1.29, 1.82) is 0 Å². The summed E-state index contributed by atoms with van der Waals surface area (Å²) < 4.78 is 11.0. The minimum Gasteiger partial charge on any atom is -0.486 e. The predicted molar refractivity (Wildman–Crippen MR) is 75.8 cm³/mol. The molecule has 0 aromatic heterocycles. The Morgan fingerprint density at radius 3 is 2.90 bits per heavy atom. The number of terminal acetylenes is 1. The Kier molecular flexibility index (Phi) is 5.27. The topological polar surface area (TPSA) is 59.6 Å². The fourth-order valence-corrected chi connectivity index (χ4v) is 1.90. The number of amides is 1. The first-order chi connectivity index (χ1) is 9.79. The fraction of sp³-hybridized carbons (Fsp3) is 0.400. The van der Waals surface area contributed by atoms with E-state index in [9.17, 15) is 4.79 Å². The Bertz CT molecular complexity index is 508. The molecular weight excluding hydrogens is 256 g/mol. The van der Waals surface area contributed by atoms with E-state index in [4.69, 9.17) is 15.9 Å². The Hall–Kier alpha value is -2.19. The molecule has 0 bridgehead atoms. The largest absolute Gasteiger partial charge is 0.486 e. The first-order valence-corrected chi connectivity index (χ1v) is 6.59. The highest BCUT2D eigenvalue weighted by Gasteiger charge is 2.11. The summed E-state index contributed by atoms with van der Waals surface area (Å²) in [5.41, 5.74) is 1.10. The third kappa shape index (κ3) is 4.18. The number of hydrogen-bond donors (Lipinski definition) is 2. The maximum absolute atomic E-state index is 11.5. The van der Waals surface area contributed by atoms with E-state index in [-0.39, 0.29) is 12.5 Å². The van der Waals surface area contributed by atoms with Crippen LogP contribution >= 0.6 is 0 Å². The van der Waals surface area contributed by atoms with Gasteiger partial charge in [-0.1, -0.05) is 12.0 Å². The number of ether oxygens (including phenoxy) is 2. The molecule has 5 nitrogen and oxygen atoms in total. The molecule has 5 heteroatoms. The van der Waals surface area contributed by atoms with Crippen molar-refractivity contribution in [2.24, 2.45) is 0 Å². The van der Waals surface area contributed by atoms with Gasteiger partial charge in [-0.05, 0) is 24.1 Å². The van der Waals surface area contributed by atoms with Crippen LogP contribution < -0.4 is 20.1 Å². The minimum absolute atomic E-state index is 0.0576. The Morgan fingerprint density at radius 2 is 2.10 bits per heavy atom. The van der Waals surface area contributed by atoms with Crippen molar-refractivity contribution < 1.29 is 14.3 Å². The first kappa shape index (κ1) is 14.2. The van der Waals surface area contributed by atoms with Crippen LogP contribution in [0.15, 0.2) is 18.2 Å². The van der Waals surface area contributed by atoms with Crippen molar-refractivity contribution in [3.63, 3.8) is 0 Å². The molecule has 0 radical (unpaired) electrons. The molecule has 0 fully saturated rings. The van der Waals surface area contributed by atoms with Gasteiger partial charge in [-0.15, -0.1) is 6.42 Å². The van der Waals surface area contributed by atoms with Gasteiger partial charge in [0.2, 0.25) is 5.91 Å². The van der Waals surface area contributed by atoms with Crippen LogP contribution in [0.25, 0.3) is 0 Å². The average Bonchev–Trinajstić information content (AvgIpc) is 2.47. The zero-order valence-electron chi connectivity index (χ0n) is 11.3. The van der Waals surface area contributed by atoms with Crippen LogP contribution in [0.4, 0.5) is 0 Å². The van der Waals surface area contributed by atoms with Gasteiger partial charge in [0.15, 0.2) is 11.5 Å². The summed E-state index contributed by atoms with van der Waals surface area (Å²) in [4.78, 5) is 11.5. The van der Waals surface area contributed by atoms with Gasteiger partial charge in [-0.25, -0.2) is 0 Å². The smallest absolute Gasteiger partial charge is 0.233 e. The van der Waals surface area contributed by atoms with Crippen molar-refractivity contribution in [2.45, 2.75) is 6.42 Å². The van der Waals surface area contributed by atoms with Crippen LogP contribution in [0.3, 0.4) is 0 Å². The zero-order valence-corrected chi connectivity index (χ0v) is 11.3. The number of hydrogen-bond acceptors (Lipinski definition) is 4. The molecule has 20 heavy (non-hydrogen) atoms. The number of rotatable bonds is 6. The van der Waals surface area contributed by atoms with E-state index in [1.165, 1.54) is 0 Å². The summed E-state index contributed by atoms with van der Waals surface area (Å²) in [7, 11) is 0. The molecule has 1 aromatic carbocycles. The van der Waals surface area contributed by atoms with E-state index in [0.717, 1.165) is 23.5 Å². The predicted octanol–water partition coefficient (Wildman–Crippen LogP) is 0.339. The maximum atomic E-state index is 11.5. The van der Waals surface area contributed by atoms with Gasteiger partial charge in [0, 0.05) is 6.54 Å². The summed E-state index contributed by atoms with van der Waals surface area (Å²) in [5.74, 6) is 3.91. The average molecular weight is 274 g/mol. The molecule has 0 aliphatic carbocycles. The fourth-order valence-electron chi connectivity index (χ4n) is 1.90. The van der Waals surface area contributed by atoms with Crippen LogP contribution in [0.2, 0.25) is 0 Å². The van der Waals surface area contributed by atoms with E-state index in [0.29, 0.717) is 26.3 Å². The molecule has 106 valence electrons. The summed E-state index contributed by atoms with van der Waals surface area (Å²) in [5, 5.41) is 5.67. The van der Waals surface area contributed by atoms with Gasteiger partial charge in [0.1, 0.15) is 13.2 Å². The first-order valence-electron chi connectivity index (χ1n) is 6.59. The van der Waals surface area contributed by atoms with Crippen molar-refractivity contribution in [2.75, 3.05) is 32.8 Å². The third-order valence-corrected chi connectivity index (χ3v) is 2.86. The maximum Gasteiger partial charge on any atom is 0.233 e. The molecule has 1 aromatic rings. The molecule has 2 N–H and O–H groups in total. The Morgan fingerprint density at radius 1 is 1.30 bits per heavy atom. The molecule has 1 amide bonds. The second kappa shape index (κ2) is 7.41. The highest BCUT2D eigenvalue weighted by atomic mass is 16.6. The molecule has 0 spiro atoms. The molecule has 0 saturated carbocycles. The van der Waals surface area contributed by atoms with Gasteiger partial charge in [0.25, 0.3) is 0 Å². The number of carbonyl (C=O) groups is 1. The molecule has 1 aliphatic heterocycles. The second-order valence-corrected chi connectivity index (χ2v) is 4.39. The van der Waals surface area contributed by atoms with Crippen LogP contribution in [0.5, 0.6) is 11.5 Å². The molecule has 0 saturated heterocycles.